The van der Waals surface area contributed by atoms with Crippen LogP contribution in [-0.4, -0.2) is 128 Å². The first kappa shape index (κ1) is 45.6. The predicted molar refractivity (Wildman–Crippen MR) is 202 cm³/mol. The number of carbonyl (C=O) groups excluding carboxylic acids is 5. The minimum Gasteiger partial charge on any atom is -0.508 e. The molecule has 1 fully saturated rings. The van der Waals surface area contributed by atoms with Crippen LogP contribution in [0.5, 0.6) is 5.75 Å². The number of amides is 4. The van der Waals surface area contributed by atoms with Gasteiger partial charge in [0.05, 0.1) is 49.3 Å². The van der Waals surface area contributed by atoms with Gasteiger partial charge in [0.2, 0.25) is 23.6 Å². The van der Waals surface area contributed by atoms with Crippen molar-refractivity contribution in [2.45, 2.75) is 122 Å². The molecule has 8 atom stereocenters. The van der Waals surface area contributed by atoms with Crippen molar-refractivity contribution in [2.75, 3.05) is 42.0 Å². The maximum Gasteiger partial charge on any atom is 0.328 e. The van der Waals surface area contributed by atoms with E-state index < -0.39 is 65.5 Å². The summed E-state index contributed by atoms with van der Waals surface area (Å²) < 4.78 is 16.9. The lowest BCUT2D eigenvalue weighted by atomic mass is 9.87. The molecule has 2 rings (SSSR count). The number of hydrogen-bond acceptors (Lipinski definition) is 11. The van der Waals surface area contributed by atoms with Gasteiger partial charge in [-0.15, -0.1) is 0 Å². The van der Waals surface area contributed by atoms with Gasteiger partial charge in [-0.2, -0.15) is 0 Å². The fourth-order valence-corrected chi connectivity index (χ4v) is 7.30. The van der Waals surface area contributed by atoms with Crippen LogP contribution < -0.4 is 16.0 Å². The molecule has 14 heteroatoms. The molecule has 0 radical (unpaired) electrons. The van der Waals surface area contributed by atoms with Gasteiger partial charge in [0.25, 0.3) is 0 Å². The topological polar surface area (TPSA) is 176 Å². The summed E-state index contributed by atoms with van der Waals surface area (Å²) in [6, 6.07) is 3.93. The summed E-state index contributed by atoms with van der Waals surface area (Å²) in [5.41, 5.74) is -0.225. The van der Waals surface area contributed by atoms with Crippen LogP contribution in [0.15, 0.2) is 24.3 Å². The average molecular weight is 748 g/mol. The Labute approximate surface area is 316 Å². The van der Waals surface area contributed by atoms with Crippen molar-refractivity contribution in [3.05, 3.63) is 29.8 Å². The van der Waals surface area contributed by atoms with Gasteiger partial charge in [-0.3, -0.25) is 29.4 Å². The lowest BCUT2D eigenvalue weighted by Gasteiger charge is -2.43. The molecule has 4 N–H and O–H groups in total. The molecule has 14 nitrogen and oxygen atoms in total. The number of phenolic OH excluding ortho intramolecular Hbond substituents is 1. The third kappa shape index (κ3) is 12.0. The molecule has 53 heavy (non-hydrogen) atoms. The molecule has 0 aliphatic carbocycles. The number of nitrogens with zero attached hydrogens (tertiary/aromatic N) is 2. The zero-order chi connectivity index (χ0) is 40.2. The molecular formula is C39H65N5O9. The van der Waals surface area contributed by atoms with E-state index in [1.54, 1.807) is 52.0 Å². The molecule has 1 saturated heterocycles. The smallest absolute Gasteiger partial charge is 0.328 e. The lowest BCUT2D eigenvalue weighted by Crippen LogP contribution is -2.61. The second-order valence-corrected chi connectivity index (χ2v) is 15.1. The first-order chi connectivity index (χ1) is 24.9. The lowest BCUT2D eigenvalue weighted by molar-refractivity contribution is -0.147. The molecule has 1 heterocycles. The molecule has 0 aromatic heterocycles. The normalized spacial score (nSPS) is 18.8. The largest absolute Gasteiger partial charge is 0.508 e. The summed E-state index contributed by atoms with van der Waals surface area (Å²) in [5.74, 6) is -2.84. The molecular weight excluding hydrogens is 682 g/mol. The number of carbonyl (C=O) groups is 5. The summed E-state index contributed by atoms with van der Waals surface area (Å²) in [6.07, 6.45) is 1.01. The van der Waals surface area contributed by atoms with Crippen LogP contribution in [0.3, 0.4) is 0 Å². The van der Waals surface area contributed by atoms with Crippen molar-refractivity contribution >= 4 is 29.6 Å². The molecule has 0 saturated carbocycles. The number of benzene rings is 1. The SMILES string of the molecule is CC[C@H](C)[C@@H]([C@@H](CC(=O)N1CCC[C@H]1[C@H](OC)[C@@H](C)C(=O)N[C@@H](Cc1ccc(O)cc1)C(=O)OC)OC)N(C)[C@H](C(=O)NC(=O)C(C)(C)NC)C(C)C. The standard InChI is InChI=1S/C39H65N5O9/c1-13-24(4)33(43(9)32(23(2)3)36(48)42-38(50)39(6,7)40-8)30(51-10)22-31(46)44-20-14-15-29(44)34(52-11)25(5)35(47)41-28(37(49)53-12)21-26-16-18-27(45)19-17-26/h16-19,23-25,28-30,32-34,40,45H,13-15,20-22H2,1-12H3,(H,41,47)(H,42,48,50)/t24-,25+,28-,29-,30+,32-,33-,34+/m0/s1. The van der Waals surface area contributed by atoms with Crippen LogP contribution in [0.1, 0.15) is 79.7 Å². The molecule has 1 aromatic rings. The second-order valence-electron chi connectivity index (χ2n) is 15.1. The first-order valence-corrected chi connectivity index (χ1v) is 18.7. The van der Waals surface area contributed by atoms with Crippen molar-refractivity contribution in [1.29, 1.82) is 0 Å². The number of likely N-dealkylation sites (tertiary alicyclic amines) is 1. The van der Waals surface area contributed by atoms with Crippen LogP contribution >= 0.6 is 0 Å². The van der Waals surface area contributed by atoms with Gasteiger partial charge < -0.3 is 34.9 Å². The second kappa shape index (κ2) is 20.8. The Morgan fingerprint density at radius 2 is 1.62 bits per heavy atom. The van der Waals surface area contributed by atoms with Gasteiger partial charge >= 0.3 is 5.97 Å². The summed E-state index contributed by atoms with van der Waals surface area (Å²) in [7, 11) is 7.82. The predicted octanol–water partition coefficient (Wildman–Crippen LogP) is 2.65. The average Bonchev–Trinajstić information content (AvgIpc) is 3.61. The van der Waals surface area contributed by atoms with E-state index in [9.17, 15) is 29.1 Å². The Balaban J connectivity index is 2.29. The molecule has 0 spiro atoms. The van der Waals surface area contributed by atoms with Gasteiger partial charge in [-0.05, 0) is 70.3 Å². The maximum atomic E-state index is 14.2. The Kier molecular flexibility index (Phi) is 17.8. The molecule has 300 valence electrons. The van der Waals surface area contributed by atoms with Crippen LogP contribution in [-0.2, 0) is 44.6 Å². The number of likely N-dealkylation sites (N-methyl/N-ethyl adjacent to an activating group) is 2. The molecule has 0 unspecified atom stereocenters. The highest BCUT2D eigenvalue weighted by molar-refractivity contribution is 6.01. The molecule has 0 bridgehead atoms. The highest BCUT2D eigenvalue weighted by Gasteiger charge is 2.44. The van der Waals surface area contributed by atoms with Crippen molar-refractivity contribution in [3.63, 3.8) is 0 Å². The maximum absolute atomic E-state index is 14.2. The minimum atomic E-state index is -0.972. The van der Waals surface area contributed by atoms with E-state index in [0.29, 0.717) is 13.0 Å². The van der Waals surface area contributed by atoms with Gasteiger partial charge in [0.1, 0.15) is 11.8 Å². The first-order valence-electron chi connectivity index (χ1n) is 18.7. The zero-order valence-corrected chi connectivity index (χ0v) is 33.9. The van der Waals surface area contributed by atoms with Gasteiger partial charge in [0.15, 0.2) is 0 Å². The van der Waals surface area contributed by atoms with Crippen LogP contribution in [0.2, 0.25) is 0 Å². The quantitative estimate of drug-likeness (QED) is 0.144. The summed E-state index contributed by atoms with van der Waals surface area (Å²) in [5, 5.41) is 18.0. The van der Waals surface area contributed by atoms with Crippen LogP contribution in [0.4, 0.5) is 0 Å². The van der Waals surface area contributed by atoms with E-state index in [-0.39, 0.29) is 42.4 Å². The van der Waals surface area contributed by atoms with Crippen molar-refractivity contribution in [3.8, 4) is 5.75 Å². The minimum absolute atomic E-state index is 0.0189. The Bertz CT molecular complexity index is 1370. The monoisotopic (exact) mass is 747 g/mol. The Hall–Kier alpha value is -3.59. The molecule has 1 aliphatic rings. The summed E-state index contributed by atoms with van der Waals surface area (Å²) in [6.45, 7) is 13.5. The van der Waals surface area contributed by atoms with E-state index in [1.807, 2.05) is 32.7 Å². The van der Waals surface area contributed by atoms with Crippen molar-refractivity contribution in [1.82, 2.24) is 25.8 Å². The third-order valence-electron chi connectivity index (χ3n) is 10.9. The molecule has 1 aliphatic heterocycles. The highest BCUT2D eigenvalue weighted by Crippen LogP contribution is 2.30. The van der Waals surface area contributed by atoms with Gasteiger partial charge in [-0.25, -0.2) is 4.79 Å². The summed E-state index contributed by atoms with van der Waals surface area (Å²) >= 11 is 0. The number of methoxy groups -OCH3 is 3. The summed E-state index contributed by atoms with van der Waals surface area (Å²) in [4.78, 5) is 70.8. The third-order valence-corrected chi connectivity index (χ3v) is 10.9. The number of imide groups is 1. The van der Waals surface area contributed by atoms with Crippen molar-refractivity contribution in [2.24, 2.45) is 17.8 Å². The number of rotatable bonds is 20. The Morgan fingerprint density at radius 3 is 2.13 bits per heavy atom. The van der Waals surface area contributed by atoms with Gasteiger partial charge in [-0.1, -0.05) is 53.2 Å². The van der Waals surface area contributed by atoms with Crippen LogP contribution in [0.25, 0.3) is 0 Å². The number of ether oxygens (including phenoxy) is 3. The fourth-order valence-electron chi connectivity index (χ4n) is 7.30. The number of nitrogens with one attached hydrogen (secondary N) is 3. The number of phenols is 1. The van der Waals surface area contributed by atoms with E-state index in [4.69, 9.17) is 14.2 Å². The number of hydrogen-bond donors (Lipinski definition) is 4. The van der Waals surface area contributed by atoms with Crippen LogP contribution in [0, 0.1) is 17.8 Å². The molecule has 1 aromatic carbocycles. The molecule has 4 amide bonds. The number of aromatic hydroxyl groups is 1. The zero-order valence-electron chi connectivity index (χ0n) is 33.9. The van der Waals surface area contributed by atoms with E-state index in [2.05, 4.69) is 22.9 Å². The highest BCUT2D eigenvalue weighted by atomic mass is 16.5. The van der Waals surface area contributed by atoms with E-state index in [0.717, 1.165) is 18.4 Å². The number of esters is 1. The van der Waals surface area contributed by atoms with Crippen molar-refractivity contribution < 1.29 is 43.3 Å². The van der Waals surface area contributed by atoms with E-state index >= 15 is 0 Å². The fraction of sp³-hybridized carbons (Fsp3) is 0.718. The van der Waals surface area contributed by atoms with E-state index in [1.165, 1.54) is 26.4 Å². The Morgan fingerprint density at radius 1 is 1.00 bits per heavy atom. The van der Waals surface area contributed by atoms with Gasteiger partial charge in [0, 0.05) is 33.2 Å².